The van der Waals surface area contributed by atoms with E-state index in [2.05, 4.69) is 39.3 Å². The largest absolute Gasteiger partial charge is 0.387 e. The fourth-order valence-electron chi connectivity index (χ4n) is 4.92. The Morgan fingerprint density at radius 1 is 1.07 bits per heavy atom. The molecule has 0 saturated heterocycles. The molecule has 11 heteroatoms. The van der Waals surface area contributed by atoms with Crippen molar-refractivity contribution in [1.82, 2.24) is 34.9 Å². The second-order valence-corrected chi connectivity index (χ2v) is 9.94. The van der Waals surface area contributed by atoms with Crippen molar-refractivity contribution in [3.05, 3.63) is 69.9 Å². The van der Waals surface area contributed by atoms with Gasteiger partial charge in [0.15, 0.2) is 5.82 Å². The van der Waals surface area contributed by atoms with Gasteiger partial charge in [0, 0.05) is 42.5 Å². The summed E-state index contributed by atoms with van der Waals surface area (Å²) in [6.07, 6.45) is 6.18. The van der Waals surface area contributed by atoms with E-state index in [1.165, 1.54) is 9.48 Å². The van der Waals surface area contributed by atoms with E-state index in [1.807, 2.05) is 47.4 Å². The van der Waals surface area contributed by atoms with Gasteiger partial charge < -0.3 is 10.6 Å². The standard InChI is InChI=1S/C29H33N9O2/c1-4-11-37(12-5-2)28(39)22-15-21-7-6-20(16-25(21)32-26(30)17-22)19-8-9-24-23(14-19)18-31-38(29(24)40)13-10-27-33-35-36(3)34-27/h6-9,14-16,18H,4-5,10-13,17H2,1-3H3,(H2,30,32). The number of rotatable bonds is 9. The number of nitrogens with two attached hydrogens (primary N) is 1. The molecular formula is C29H33N9O2. The Morgan fingerprint density at radius 3 is 2.55 bits per heavy atom. The predicted molar refractivity (Wildman–Crippen MR) is 155 cm³/mol. The minimum Gasteiger partial charge on any atom is -0.387 e. The van der Waals surface area contributed by atoms with Gasteiger partial charge >= 0.3 is 0 Å². The molecule has 1 aliphatic heterocycles. The Morgan fingerprint density at radius 2 is 1.82 bits per heavy atom. The minimum absolute atomic E-state index is 0.0134. The van der Waals surface area contributed by atoms with E-state index >= 15 is 0 Å². The van der Waals surface area contributed by atoms with Crippen molar-refractivity contribution in [2.45, 2.75) is 46.1 Å². The van der Waals surface area contributed by atoms with E-state index in [9.17, 15) is 9.59 Å². The van der Waals surface area contributed by atoms with E-state index in [-0.39, 0.29) is 11.5 Å². The molecule has 0 saturated carbocycles. The Bertz CT molecular complexity index is 1680. The van der Waals surface area contributed by atoms with Gasteiger partial charge in [0.2, 0.25) is 5.91 Å². The summed E-state index contributed by atoms with van der Waals surface area (Å²) in [5, 5.41) is 17.6. The summed E-state index contributed by atoms with van der Waals surface area (Å²) in [7, 11) is 1.70. The molecule has 5 rings (SSSR count). The van der Waals surface area contributed by atoms with Crippen molar-refractivity contribution in [3.8, 4) is 11.1 Å². The number of fused-ring (bicyclic) bond motifs is 2. The zero-order chi connectivity index (χ0) is 28.2. The van der Waals surface area contributed by atoms with E-state index in [4.69, 9.17) is 5.73 Å². The Kier molecular flexibility index (Phi) is 7.81. The zero-order valence-electron chi connectivity index (χ0n) is 23.0. The number of carbonyl (C=O) groups is 1. The van der Waals surface area contributed by atoms with Crippen LogP contribution in [0.15, 0.2) is 58.0 Å². The summed E-state index contributed by atoms with van der Waals surface area (Å²) < 4.78 is 1.42. The lowest BCUT2D eigenvalue weighted by molar-refractivity contribution is -0.127. The Balaban J connectivity index is 1.42. The van der Waals surface area contributed by atoms with Crippen molar-refractivity contribution >= 4 is 34.3 Å². The summed E-state index contributed by atoms with van der Waals surface area (Å²) in [5.41, 5.74) is 10.2. The summed E-state index contributed by atoms with van der Waals surface area (Å²) in [6, 6.07) is 11.6. The van der Waals surface area contributed by atoms with Crippen molar-refractivity contribution in [2.24, 2.45) is 17.8 Å². The van der Waals surface area contributed by atoms with Crippen molar-refractivity contribution in [2.75, 3.05) is 13.1 Å². The molecular weight excluding hydrogens is 506 g/mol. The van der Waals surface area contributed by atoms with Crippen LogP contribution in [0, 0.1) is 0 Å². The third-order valence-electron chi connectivity index (χ3n) is 6.83. The second kappa shape index (κ2) is 11.6. The fraction of sp³-hybridized carbons (Fsp3) is 0.345. The molecule has 2 N–H and O–H groups in total. The highest BCUT2D eigenvalue weighted by Crippen LogP contribution is 2.33. The number of aromatic nitrogens is 6. The highest BCUT2D eigenvalue weighted by Gasteiger charge is 2.21. The first-order chi connectivity index (χ1) is 19.4. The number of hydrogen-bond donors (Lipinski definition) is 1. The number of benzene rings is 2. The number of aliphatic imine (C=N–C) groups is 1. The van der Waals surface area contributed by atoms with Crippen molar-refractivity contribution in [3.63, 3.8) is 0 Å². The molecule has 0 spiro atoms. The maximum Gasteiger partial charge on any atom is 0.274 e. The van der Waals surface area contributed by atoms with Crippen LogP contribution in [-0.4, -0.2) is 59.7 Å². The van der Waals surface area contributed by atoms with Gasteiger partial charge in [0.05, 0.1) is 30.9 Å². The molecule has 0 bridgehead atoms. The van der Waals surface area contributed by atoms with E-state index in [1.54, 1.807) is 13.2 Å². The average Bonchev–Trinajstić information content (AvgIpc) is 3.28. The molecule has 0 fully saturated rings. The molecule has 1 aliphatic rings. The van der Waals surface area contributed by atoms with E-state index in [0.717, 1.165) is 34.9 Å². The van der Waals surface area contributed by atoms with Gasteiger partial charge in [-0.05, 0) is 53.5 Å². The van der Waals surface area contributed by atoms with Crippen LogP contribution in [0.1, 0.15) is 44.5 Å². The summed E-state index contributed by atoms with van der Waals surface area (Å²) in [5.74, 6) is 0.978. The molecule has 0 unspecified atom stereocenters. The Labute approximate surface area is 232 Å². The highest BCUT2D eigenvalue weighted by atomic mass is 16.2. The maximum absolute atomic E-state index is 13.3. The average molecular weight is 540 g/mol. The third-order valence-corrected chi connectivity index (χ3v) is 6.83. The number of amides is 1. The lowest BCUT2D eigenvalue weighted by atomic mass is 9.99. The van der Waals surface area contributed by atoms with Crippen LogP contribution < -0.4 is 11.3 Å². The van der Waals surface area contributed by atoms with Crippen LogP contribution in [0.2, 0.25) is 0 Å². The Hall–Kier alpha value is -4.67. The molecule has 2 aromatic carbocycles. The van der Waals surface area contributed by atoms with Gasteiger partial charge in [-0.15, -0.1) is 10.2 Å². The normalized spacial score (nSPS) is 13.0. The van der Waals surface area contributed by atoms with Gasteiger partial charge in [-0.3, -0.25) is 9.59 Å². The first-order valence-electron chi connectivity index (χ1n) is 13.6. The quantitative estimate of drug-likeness (QED) is 0.345. The molecule has 3 heterocycles. The van der Waals surface area contributed by atoms with Gasteiger partial charge in [0.1, 0.15) is 5.84 Å². The van der Waals surface area contributed by atoms with Gasteiger partial charge in [-0.2, -0.15) is 9.90 Å². The van der Waals surface area contributed by atoms with E-state index < -0.39 is 0 Å². The minimum atomic E-state index is -0.172. The monoisotopic (exact) mass is 539 g/mol. The molecule has 0 radical (unpaired) electrons. The summed E-state index contributed by atoms with van der Waals surface area (Å²) in [6.45, 7) is 5.93. The zero-order valence-corrected chi connectivity index (χ0v) is 23.0. The molecule has 40 heavy (non-hydrogen) atoms. The first-order valence-corrected chi connectivity index (χ1v) is 13.6. The van der Waals surface area contributed by atoms with E-state index in [0.29, 0.717) is 60.8 Å². The van der Waals surface area contributed by atoms with Gasteiger partial charge in [-0.25, -0.2) is 9.67 Å². The number of carbonyl (C=O) groups excluding carboxylic acids is 1. The molecule has 1 amide bonds. The van der Waals surface area contributed by atoms with Crippen LogP contribution in [0.4, 0.5) is 5.69 Å². The SMILES string of the molecule is CCCN(CCC)C(=O)C1=Cc2ccc(-c3ccc4c(=O)n(CCc5nnn(C)n5)ncc4c3)cc2N=C(N)C1. The summed E-state index contributed by atoms with van der Waals surface area (Å²) >= 11 is 0. The third kappa shape index (κ3) is 5.68. The van der Waals surface area contributed by atoms with Crippen LogP contribution in [-0.2, 0) is 24.8 Å². The number of aryl methyl sites for hydroxylation is 3. The number of tetrazole rings is 1. The second-order valence-electron chi connectivity index (χ2n) is 9.94. The highest BCUT2D eigenvalue weighted by molar-refractivity contribution is 6.05. The lowest BCUT2D eigenvalue weighted by Crippen LogP contribution is -2.34. The number of amidine groups is 1. The predicted octanol–water partition coefficient (Wildman–Crippen LogP) is 3.25. The number of hydrogen-bond acceptors (Lipinski definition) is 8. The first kappa shape index (κ1) is 26.9. The molecule has 0 atom stereocenters. The van der Waals surface area contributed by atoms with Crippen LogP contribution in [0.25, 0.3) is 28.0 Å². The van der Waals surface area contributed by atoms with Crippen molar-refractivity contribution in [1.29, 1.82) is 0 Å². The van der Waals surface area contributed by atoms with Crippen LogP contribution in [0.3, 0.4) is 0 Å². The molecule has 2 aromatic heterocycles. The maximum atomic E-state index is 13.3. The van der Waals surface area contributed by atoms with Crippen LogP contribution in [0.5, 0.6) is 0 Å². The lowest BCUT2D eigenvalue weighted by Gasteiger charge is -2.22. The van der Waals surface area contributed by atoms with Crippen molar-refractivity contribution < 1.29 is 4.79 Å². The molecule has 4 aromatic rings. The smallest absolute Gasteiger partial charge is 0.274 e. The van der Waals surface area contributed by atoms with Crippen LogP contribution >= 0.6 is 0 Å². The molecule has 11 nitrogen and oxygen atoms in total. The number of nitrogens with zero attached hydrogens (tertiary/aromatic N) is 8. The molecule has 0 aliphatic carbocycles. The van der Waals surface area contributed by atoms with Gasteiger partial charge in [0.25, 0.3) is 5.56 Å². The summed E-state index contributed by atoms with van der Waals surface area (Å²) in [4.78, 5) is 34.2. The molecule has 206 valence electrons. The van der Waals surface area contributed by atoms with Gasteiger partial charge in [-0.1, -0.05) is 32.0 Å². The topological polar surface area (TPSA) is 137 Å². The fourth-order valence-corrected chi connectivity index (χ4v) is 4.92.